The minimum absolute atomic E-state index is 0.197. The van der Waals surface area contributed by atoms with Crippen LogP contribution < -0.4 is 21.3 Å². The van der Waals surface area contributed by atoms with E-state index in [1.807, 2.05) is 54.6 Å². The van der Waals surface area contributed by atoms with Crippen LogP contribution >= 0.6 is 11.3 Å². The standard InChI is InChI=1S/C29H31N5O2S/c1-2-34-16-6-7-22(34)18-32-33-26(35)15-12-21-17-31-29(30)27-25(19-37-28(21)27)20-10-13-24(14-11-20)36-23-8-4-3-5-9-23/h3-5,8-15,17,19,22,32H,2,6-7,16,18H2,1H3,(H2,30,31)(H,33,35)/b15-12+. The summed E-state index contributed by atoms with van der Waals surface area (Å²) in [5.41, 5.74) is 15.1. The largest absolute Gasteiger partial charge is 0.457 e. The Kier molecular flexibility index (Phi) is 7.79. The van der Waals surface area contributed by atoms with Gasteiger partial charge in [-0.15, -0.1) is 11.3 Å². The van der Waals surface area contributed by atoms with Crippen molar-refractivity contribution in [2.75, 3.05) is 25.4 Å². The molecule has 7 nitrogen and oxygen atoms in total. The third-order valence-corrected chi connectivity index (χ3v) is 7.69. The molecule has 1 aliphatic rings. The molecule has 0 radical (unpaired) electrons. The average Bonchev–Trinajstić information content (AvgIpc) is 3.57. The summed E-state index contributed by atoms with van der Waals surface area (Å²) in [5, 5.41) is 2.97. The summed E-state index contributed by atoms with van der Waals surface area (Å²) in [6, 6.07) is 18.1. The summed E-state index contributed by atoms with van der Waals surface area (Å²) in [5.74, 6) is 1.83. The second-order valence-electron chi connectivity index (χ2n) is 9.02. The molecule has 5 rings (SSSR count). The first-order valence-electron chi connectivity index (χ1n) is 12.6. The van der Waals surface area contributed by atoms with E-state index in [1.165, 1.54) is 12.5 Å². The lowest BCUT2D eigenvalue weighted by molar-refractivity contribution is -0.117. The number of rotatable bonds is 9. The lowest BCUT2D eigenvalue weighted by Gasteiger charge is -2.22. The molecule has 1 fully saturated rings. The molecule has 1 saturated heterocycles. The third kappa shape index (κ3) is 5.83. The monoisotopic (exact) mass is 513 g/mol. The number of para-hydroxylation sites is 1. The van der Waals surface area contributed by atoms with Crippen LogP contribution in [0.1, 0.15) is 25.3 Å². The fraction of sp³-hybridized carbons (Fsp3) is 0.241. The van der Waals surface area contributed by atoms with Gasteiger partial charge in [0.2, 0.25) is 0 Å². The summed E-state index contributed by atoms with van der Waals surface area (Å²) in [7, 11) is 0. The lowest BCUT2D eigenvalue weighted by Crippen LogP contribution is -2.45. The highest BCUT2D eigenvalue weighted by Gasteiger charge is 2.22. The third-order valence-electron chi connectivity index (χ3n) is 6.67. The van der Waals surface area contributed by atoms with Gasteiger partial charge in [-0.3, -0.25) is 15.1 Å². The highest BCUT2D eigenvalue weighted by molar-refractivity contribution is 7.18. The molecule has 1 atom stereocenters. The minimum atomic E-state index is -0.197. The highest BCUT2D eigenvalue weighted by Crippen LogP contribution is 2.39. The number of likely N-dealkylation sites (N-methyl/N-ethyl adjacent to an activating group) is 1. The van der Waals surface area contributed by atoms with Gasteiger partial charge in [-0.2, -0.15) is 0 Å². The van der Waals surface area contributed by atoms with Crippen molar-refractivity contribution in [3.05, 3.63) is 77.8 Å². The number of likely N-dealkylation sites (tertiary alicyclic amines) is 1. The molecule has 2 aromatic heterocycles. The molecular weight excluding hydrogens is 482 g/mol. The number of hydrogen-bond acceptors (Lipinski definition) is 7. The predicted octanol–water partition coefficient (Wildman–Crippen LogP) is 5.46. The zero-order valence-corrected chi connectivity index (χ0v) is 21.6. The van der Waals surface area contributed by atoms with Crippen LogP contribution in [0.4, 0.5) is 5.82 Å². The number of carbonyl (C=O) groups excluding carboxylic acids is 1. The van der Waals surface area contributed by atoms with Crippen LogP contribution in [0.15, 0.2) is 72.3 Å². The lowest BCUT2D eigenvalue weighted by atomic mass is 10.0. The van der Waals surface area contributed by atoms with Crippen molar-refractivity contribution in [2.45, 2.75) is 25.8 Å². The van der Waals surface area contributed by atoms with Gasteiger partial charge in [0, 0.05) is 46.1 Å². The van der Waals surface area contributed by atoms with E-state index in [2.05, 4.69) is 33.0 Å². The van der Waals surface area contributed by atoms with Gasteiger partial charge in [-0.25, -0.2) is 10.4 Å². The number of nitrogens with zero attached hydrogens (tertiary/aromatic N) is 2. The molecular formula is C29H31N5O2S. The van der Waals surface area contributed by atoms with E-state index in [-0.39, 0.29) is 5.91 Å². The Labute approximate surface area is 220 Å². The van der Waals surface area contributed by atoms with Crippen LogP contribution in [0, 0.1) is 0 Å². The van der Waals surface area contributed by atoms with Gasteiger partial charge in [0.25, 0.3) is 5.91 Å². The van der Waals surface area contributed by atoms with E-state index in [0.29, 0.717) is 11.9 Å². The molecule has 190 valence electrons. The SMILES string of the molecule is CCN1CCCC1CNNC(=O)/C=C/c1cnc(N)c2c(-c3ccc(Oc4ccccc4)cc3)csc12. The number of ether oxygens (including phenoxy) is 1. The van der Waals surface area contributed by atoms with Crippen LogP contribution in [0.2, 0.25) is 0 Å². The average molecular weight is 514 g/mol. The summed E-state index contributed by atoms with van der Waals surface area (Å²) in [4.78, 5) is 19.2. The van der Waals surface area contributed by atoms with Crippen molar-refractivity contribution in [1.29, 1.82) is 0 Å². The molecule has 0 spiro atoms. The number of hydrazine groups is 1. The van der Waals surface area contributed by atoms with E-state index < -0.39 is 0 Å². The van der Waals surface area contributed by atoms with Crippen molar-refractivity contribution in [1.82, 2.24) is 20.7 Å². The Morgan fingerprint density at radius 3 is 2.76 bits per heavy atom. The van der Waals surface area contributed by atoms with E-state index in [4.69, 9.17) is 10.5 Å². The van der Waals surface area contributed by atoms with Crippen LogP contribution in [0.25, 0.3) is 27.3 Å². The summed E-state index contributed by atoms with van der Waals surface area (Å²) in [6.45, 7) is 5.08. The molecule has 0 aliphatic carbocycles. The Bertz CT molecular complexity index is 1380. The van der Waals surface area contributed by atoms with Crippen LogP contribution in [-0.4, -0.2) is 41.5 Å². The molecule has 4 aromatic rings. The molecule has 37 heavy (non-hydrogen) atoms. The predicted molar refractivity (Wildman–Crippen MR) is 151 cm³/mol. The molecule has 1 amide bonds. The maximum atomic E-state index is 12.4. The van der Waals surface area contributed by atoms with Crippen molar-refractivity contribution >= 4 is 39.2 Å². The van der Waals surface area contributed by atoms with Crippen molar-refractivity contribution in [2.24, 2.45) is 0 Å². The molecule has 2 aromatic carbocycles. The van der Waals surface area contributed by atoms with Crippen molar-refractivity contribution in [3.63, 3.8) is 0 Å². The van der Waals surface area contributed by atoms with Crippen molar-refractivity contribution in [3.8, 4) is 22.6 Å². The topological polar surface area (TPSA) is 92.5 Å². The van der Waals surface area contributed by atoms with Crippen LogP contribution in [0.3, 0.4) is 0 Å². The molecule has 3 heterocycles. The fourth-order valence-corrected chi connectivity index (χ4v) is 5.83. The van der Waals surface area contributed by atoms with E-state index in [1.54, 1.807) is 23.6 Å². The van der Waals surface area contributed by atoms with Gasteiger partial charge in [0.05, 0.1) is 0 Å². The maximum Gasteiger partial charge on any atom is 0.258 e. The molecule has 0 saturated carbocycles. The minimum Gasteiger partial charge on any atom is -0.457 e. The number of thiophene rings is 1. The number of fused-ring (bicyclic) bond motifs is 1. The van der Waals surface area contributed by atoms with Crippen LogP contribution in [0.5, 0.6) is 11.5 Å². The maximum absolute atomic E-state index is 12.4. The van der Waals surface area contributed by atoms with Gasteiger partial charge in [-0.1, -0.05) is 37.3 Å². The summed E-state index contributed by atoms with van der Waals surface area (Å²) >= 11 is 1.59. The molecule has 1 unspecified atom stereocenters. The van der Waals surface area contributed by atoms with Crippen molar-refractivity contribution < 1.29 is 9.53 Å². The van der Waals surface area contributed by atoms with Gasteiger partial charge >= 0.3 is 0 Å². The second kappa shape index (κ2) is 11.6. The number of nitrogen functional groups attached to an aromatic ring is 1. The number of anilines is 1. The summed E-state index contributed by atoms with van der Waals surface area (Å²) < 4.78 is 6.91. The number of carbonyl (C=O) groups is 1. The normalized spacial score (nSPS) is 16.0. The first-order valence-corrected chi connectivity index (χ1v) is 13.4. The molecule has 8 heteroatoms. The Morgan fingerprint density at radius 1 is 1.19 bits per heavy atom. The Hall–Kier alpha value is -3.72. The van der Waals surface area contributed by atoms with Gasteiger partial charge in [0.1, 0.15) is 17.3 Å². The molecule has 1 aliphatic heterocycles. The van der Waals surface area contributed by atoms with Gasteiger partial charge in [0.15, 0.2) is 0 Å². The van der Waals surface area contributed by atoms with Crippen LogP contribution in [-0.2, 0) is 4.79 Å². The first-order chi connectivity index (χ1) is 18.1. The molecule has 4 N–H and O–H groups in total. The highest BCUT2D eigenvalue weighted by atomic mass is 32.1. The zero-order valence-electron chi connectivity index (χ0n) is 20.8. The second-order valence-corrected chi connectivity index (χ2v) is 9.90. The van der Waals surface area contributed by atoms with E-state index >= 15 is 0 Å². The Balaban J connectivity index is 1.27. The first kappa shape index (κ1) is 25.0. The number of aromatic nitrogens is 1. The number of hydrogen-bond donors (Lipinski definition) is 3. The fourth-order valence-electron chi connectivity index (χ4n) is 4.75. The van der Waals surface area contributed by atoms with Gasteiger partial charge < -0.3 is 10.5 Å². The quantitative estimate of drug-likeness (QED) is 0.203. The number of amides is 1. The zero-order chi connectivity index (χ0) is 25.6. The Morgan fingerprint density at radius 2 is 1.97 bits per heavy atom. The van der Waals surface area contributed by atoms with E-state index in [9.17, 15) is 4.79 Å². The number of nitrogens with one attached hydrogen (secondary N) is 2. The van der Waals surface area contributed by atoms with Gasteiger partial charge in [-0.05, 0) is 67.2 Å². The summed E-state index contributed by atoms with van der Waals surface area (Å²) in [6.07, 6.45) is 7.40. The number of nitrogens with two attached hydrogens (primary N) is 1. The number of benzene rings is 2. The van der Waals surface area contributed by atoms with E-state index in [0.717, 1.165) is 64.3 Å². The molecule has 0 bridgehead atoms. The smallest absolute Gasteiger partial charge is 0.258 e. The number of pyridine rings is 1.